The van der Waals surface area contributed by atoms with E-state index in [0.29, 0.717) is 10.8 Å². The van der Waals surface area contributed by atoms with Gasteiger partial charge in [0.25, 0.3) is 0 Å². The minimum atomic E-state index is 0.536. The standard InChI is InChI=1S/C18H38/c1-8-12-14-17(6,10-3)16(5)18(7,11-4)15-13-9-2/h16H,8-15H2,1-7H3. The van der Waals surface area contributed by atoms with Crippen LogP contribution in [0.5, 0.6) is 0 Å². The molecule has 0 heteroatoms. The lowest BCUT2D eigenvalue weighted by atomic mass is 9.59. The molecule has 0 saturated heterocycles. The highest BCUT2D eigenvalue weighted by Gasteiger charge is 2.40. The largest absolute Gasteiger partial charge is 0.0654 e. The van der Waals surface area contributed by atoms with Gasteiger partial charge in [0.1, 0.15) is 0 Å². The van der Waals surface area contributed by atoms with Crippen LogP contribution in [0.3, 0.4) is 0 Å². The molecule has 0 aliphatic carbocycles. The van der Waals surface area contributed by atoms with Crippen molar-refractivity contribution in [1.29, 1.82) is 0 Å². The van der Waals surface area contributed by atoms with E-state index in [1.807, 2.05) is 0 Å². The lowest BCUT2D eigenvalue weighted by Crippen LogP contribution is -2.37. The minimum Gasteiger partial charge on any atom is -0.0654 e. The zero-order chi connectivity index (χ0) is 14.2. The summed E-state index contributed by atoms with van der Waals surface area (Å²) in [4.78, 5) is 0. The summed E-state index contributed by atoms with van der Waals surface area (Å²) in [5.74, 6) is 0.832. The van der Waals surface area contributed by atoms with Gasteiger partial charge in [0.15, 0.2) is 0 Å². The van der Waals surface area contributed by atoms with Crippen LogP contribution in [0.2, 0.25) is 0 Å². The Hall–Kier alpha value is 0. The summed E-state index contributed by atoms with van der Waals surface area (Å²) in [6.07, 6.45) is 10.9. The van der Waals surface area contributed by atoms with Crippen molar-refractivity contribution >= 4 is 0 Å². The molecule has 0 spiro atoms. The van der Waals surface area contributed by atoms with Crippen molar-refractivity contribution in [3.63, 3.8) is 0 Å². The van der Waals surface area contributed by atoms with Crippen LogP contribution in [0.4, 0.5) is 0 Å². The zero-order valence-electron chi connectivity index (χ0n) is 14.2. The second-order valence-corrected chi connectivity index (χ2v) is 6.94. The number of hydrogen-bond acceptors (Lipinski definition) is 0. The second-order valence-electron chi connectivity index (χ2n) is 6.94. The van der Waals surface area contributed by atoms with E-state index < -0.39 is 0 Å². The molecule has 0 nitrogen and oxygen atoms in total. The van der Waals surface area contributed by atoms with Gasteiger partial charge in [-0.15, -0.1) is 0 Å². The highest BCUT2D eigenvalue weighted by molar-refractivity contribution is 4.90. The van der Waals surface area contributed by atoms with Crippen molar-refractivity contribution in [1.82, 2.24) is 0 Å². The van der Waals surface area contributed by atoms with E-state index in [9.17, 15) is 0 Å². The summed E-state index contributed by atoms with van der Waals surface area (Å²) >= 11 is 0. The maximum atomic E-state index is 2.53. The van der Waals surface area contributed by atoms with E-state index >= 15 is 0 Å². The van der Waals surface area contributed by atoms with Crippen LogP contribution in [-0.2, 0) is 0 Å². The smallest absolute Gasteiger partial charge is 0.0298 e. The maximum Gasteiger partial charge on any atom is -0.0298 e. The molecule has 0 aliphatic rings. The van der Waals surface area contributed by atoms with Gasteiger partial charge in [0, 0.05) is 0 Å². The van der Waals surface area contributed by atoms with Gasteiger partial charge in [-0.1, -0.05) is 87.0 Å². The van der Waals surface area contributed by atoms with E-state index in [4.69, 9.17) is 0 Å². The second kappa shape index (κ2) is 8.23. The minimum absolute atomic E-state index is 0.536. The first-order valence-corrected chi connectivity index (χ1v) is 8.40. The molecule has 18 heavy (non-hydrogen) atoms. The molecule has 0 radical (unpaired) electrons. The molecule has 0 aromatic heterocycles. The third kappa shape index (κ3) is 4.59. The van der Waals surface area contributed by atoms with Crippen molar-refractivity contribution in [2.45, 2.75) is 99.8 Å². The topological polar surface area (TPSA) is 0 Å². The van der Waals surface area contributed by atoms with Gasteiger partial charge in [0.05, 0.1) is 0 Å². The lowest BCUT2D eigenvalue weighted by Gasteiger charge is -2.46. The Morgan fingerprint density at radius 2 is 1.06 bits per heavy atom. The van der Waals surface area contributed by atoms with Crippen LogP contribution < -0.4 is 0 Å². The van der Waals surface area contributed by atoms with E-state index in [1.54, 1.807) is 0 Å². The van der Waals surface area contributed by atoms with Crippen LogP contribution in [0.1, 0.15) is 99.8 Å². The summed E-state index contributed by atoms with van der Waals surface area (Å²) in [5, 5.41) is 0. The highest BCUT2D eigenvalue weighted by Crippen LogP contribution is 2.49. The van der Waals surface area contributed by atoms with Crippen LogP contribution in [0.25, 0.3) is 0 Å². The fourth-order valence-electron chi connectivity index (χ4n) is 3.40. The molecule has 0 aliphatic heterocycles. The fourth-order valence-corrected chi connectivity index (χ4v) is 3.40. The molecule has 2 unspecified atom stereocenters. The van der Waals surface area contributed by atoms with Crippen molar-refractivity contribution < 1.29 is 0 Å². The first kappa shape index (κ1) is 18.0. The van der Waals surface area contributed by atoms with Gasteiger partial charge in [-0.3, -0.25) is 0 Å². The number of rotatable bonds is 10. The molecule has 0 saturated carbocycles. The zero-order valence-corrected chi connectivity index (χ0v) is 14.2. The summed E-state index contributed by atoms with van der Waals surface area (Å²) in [6.45, 7) is 17.0. The third-order valence-electron chi connectivity index (χ3n) is 5.91. The van der Waals surface area contributed by atoms with Gasteiger partial charge in [-0.25, -0.2) is 0 Å². The average Bonchev–Trinajstić information content (AvgIpc) is 2.41. The predicted molar refractivity (Wildman–Crippen MR) is 85.0 cm³/mol. The molecule has 0 bridgehead atoms. The Kier molecular flexibility index (Phi) is 8.23. The normalized spacial score (nSPS) is 20.2. The van der Waals surface area contributed by atoms with Gasteiger partial charge in [0.2, 0.25) is 0 Å². The third-order valence-corrected chi connectivity index (χ3v) is 5.91. The molecular weight excluding hydrogens is 216 g/mol. The summed E-state index contributed by atoms with van der Waals surface area (Å²) in [7, 11) is 0. The van der Waals surface area contributed by atoms with Crippen LogP contribution >= 0.6 is 0 Å². The van der Waals surface area contributed by atoms with Gasteiger partial charge < -0.3 is 0 Å². The SMILES string of the molecule is CCCCC(C)(CC)C(C)C(C)(CC)CCCC. The quantitative estimate of drug-likeness (QED) is 0.400. The molecule has 0 fully saturated rings. The van der Waals surface area contributed by atoms with E-state index in [-0.39, 0.29) is 0 Å². The molecule has 0 aromatic rings. The fraction of sp³-hybridized carbons (Fsp3) is 1.00. The molecule has 0 heterocycles. The van der Waals surface area contributed by atoms with Crippen molar-refractivity contribution in [2.75, 3.05) is 0 Å². The monoisotopic (exact) mass is 254 g/mol. The Bertz CT molecular complexity index is 186. The lowest BCUT2D eigenvalue weighted by molar-refractivity contribution is 0.0345. The van der Waals surface area contributed by atoms with E-state index in [2.05, 4.69) is 48.5 Å². The predicted octanol–water partition coefficient (Wildman–Crippen LogP) is 6.84. The Morgan fingerprint density at radius 3 is 1.28 bits per heavy atom. The molecule has 0 amide bonds. The Labute approximate surface area is 117 Å². The molecule has 0 aromatic carbocycles. The van der Waals surface area contributed by atoms with Gasteiger partial charge in [-0.05, 0) is 29.6 Å². The summed E-state index contributed by atoms with van der Waals surface area (Å²) in [5.41, 5.74) is 1.07. The number of hydrogen-bond donors (Lipinski definition) is 0. The van der Waals surface area contributed by atoms with Crippen molar-refractivity contribution in [3.8, 4) is 0 Å². The highest BCUT2D eigenvalue weighted by atomic mass is 14.4. The summed E-state index contributed by atoms with van der Waals surface area (Å²) < 4.78 is 0. The van der Waals surface area contributed by atoms with Gasteiger partial charge >= 0.3 is 0 Å². The Morgan fingerprint density at radius 1 is 0.722 bits per heavy atom. The van der Waals surface area contributed by atoms with Gasteiger partial charge in [-0.2, -0.15) is 0 Å². The van der Waals surface area contributed by atoms with E-state index in [0.717, 1.165) is 5.92 Å². The molecule has 110 valence electrons. The maximum absolute atomic E-state index is 2.53. The van der Waals surface area contributed by atoms with Crippen LogP contribution in [0.15, 0.2) is 0 Å². The van der Waals surface area contributed by atoms with Crippen LogP contribution in [-0.4, -0.2) is 0 Å². The van der Waals surface area contributed by atoms with Crippen molar-refractivity contribution in [3.05, 3.63) is 0 Å². The summed E-state index contributed by atoms with van der Waals surface area (Å²) in [6, 6.07) is 0. The number of unbranched alkanes of at least 4 members (excludes halogenated alkanes) is 2. The Balaban J connectivity index is 4.84. The first-order valence-electron chi connectivity index (χ1n) is 8.40. The van der Waals surface area contributed by atoms with Crippen LogP contribution in [0, 0.1) is 16.7 Å². The van der Waals surface area contributed by atoms with E-state index in [1.165, 1.54) is 51.4 Å². The first-order chi connectivity index (χ1) is 8.40. The molecule has 0 N–H and O–H groups in total. The van der Waals surface area contributed by atoms with Crippen molar-refractivity contribution in [2.24, 2.45) is 16.7 Å². The average molecular weight is 255 g/mol. The molecule has 0 rings (SSSR count). The molecular formula is C18H38. The molecule has 2 atom stereocenters.